The second kappa shape index (κ2) is 6.99. The molecule has 25 heavy (non-hydrogen) atoms. The molecular weight excluding hydrogens is 374 g/mol. The van der Waals surface area contributed by atoms with Gasteiger partial charge in [-0.2, -0.15) is 0 Å². The summed E-state index contributed by atoms with van der Waals surface area (Å²) >= 11 is 4.62. The quantitative estimate of drug-likeness (QED) is 0.691. The molecule has 3 aromatic rings. The molecule has 3 heterocycles. The third-order valence-corrected chi connectivity index (χ3v) is 6.33. The third kappa shape index (κ3) is 3.60. The number of thiazole rings is 1. The fourth-order valence-electron chi connectivity index (χ4n) is 2.40. The smallest absolute Gasteiger partial charge is 0.257 e. The van der Waals surface area contributed by atoms with Crippen LogP contribution in [-0.4, -0.2) is 22.6 Å². The molecule has 5 nitrogen and oxygen atoms in total. The monoisotopic (exact) mass is 387 g/mol. The summed E-state index contributed by atoms with van der Waals surface area (Å²) in [7, 11) is 0. The maximum absolute atomic E-state index is 12.5. The van der Waals surface area contributed by atoms with Crippen molar-refractivity contribution < 1.29 is 9.59 Å². The minimum absolute atomic E-state index is 0.0238. The molecule has 1 aliphatic heterocycles. The number of carbonyl (C=O) groups excluding carboxylic acids is 2. The highest BCUT2D eigenvalue weighted by atomic mass is 32.2. The average Bonchev–Trinajstić information content (AvgIpc) is 3.24. The molecule has 1 aromatic carbocycles. The minimum Gasteiger partial charge on any atom is -0.325 e. The first-order chi connectivity index (χ1) is 12.2. The standard InChI is InChI=1S/C17H13N3O2S3/c21-15-5-7-24-14-4-3-10(8-11(14)18-15)16(22)20-17-19-12(9-25-17)13-2-1-6-23-13/h1-4,6,8-9H,5,7H2,(H,18,21)(H,19,20,22). The molecule has 0 spiro atoms. The van der Waals surface area contributed by atoms with E-state index < -0.39 is 0 Å². The Bertz CT molecular complexity index is 935. The topological polar surface area (TPSA) is 71.1 Å². The van der Waals surface area contributed by atoms with Gasteiger partial charge in [-0.3, -0.25) is 14.9 Å². The van der Waals surface area contributed by atoms with Gasteiger partial charge in [0, 0.05) is 28.0 Å². The van der Waals surface area contributed by atoms with Crippen LogP contribution in [0.5, 0.6) is 0 Å². The van der Waals surface area contributed by atoms with Crippen LogP contribution in [0.25, 0.3) is 10.6 Å². The lowest BCUT2D eigenvalue weighted by Crippen LogP contribution is -2.14. The van der Waals surface area contributed by atoms with Crippen LogP contribution in [0.2, 0.25) is 0 Å². The van der Waals surface area contributed by atoms with Crippen LogP contribution in [0.4, 0.5) is 10.8 Å². The van der Waals surface area contributed by atoms with Gasteiger partial charge in [0.25, 0.3) is 5.91 Å². The van der Waals surface area contributed by atoms with Crippen LogP contribution in [0.1, 0.15) is 16.8 Å². The molecule has 0 atom stereocenters. The van der Waals surface area contributed by atoms with E-state index in [2.05, 4.69) is 15.6 Å². The molecule has 0 bridgehead atoms. The van der Waals surface area contributed by atoms with E-state index in [9.17, 15) is 9.59 Å². The highest BCUT2D eigenvalue weighted by molar-refractivity contribution is 7.99. The van der Waals surface area contributed by atoms with Crippen LogP contribution < -0.4 is 10.6 Å². The first-order valence-corrected chi connectivity index (χ1v) is 10.3. The second-order valence-electron chi connectivity index (χ2n) is 5.33. The lowest BCUT2D eigenvalue weighted by atomic mass is 10.2. The van der Waals surface area contributed by atoms with Gasteiger partial charge >= 0.3 is 0 Å². The normalized spacial score (nSPS) is 13.7. The highest BCUT2D eigenvalue weighted by Gasteiger charge is 2.16. The molecule has 4 rings (SSSR count). The molecule has 2 aromatic heterocycles. The number of amides is 2. The van der Waals surface area contributed by atoms with Gasteiger partial charge in [0.2, 0.25) is 5.91 Å². The van der Waals surface area contributed by atoms with Crippen molar-refractivity contribution in [3.8, 4) is 10.6 Å². The van der Waals surface area contributed by atoms with Gasteiger partial charge in [-0.05, 0) is 29.6 Å². The number of carbonyl (C=O) groups is 2. The van der Waals surface area contributed by atoms with E-state index in [1.54, 1.807) is 35.2 Å². The van der Waals surface area contributed by atoms with Crippen molar-refractivity contribution in [3.05, 3.63) is 46.7 Å². The molecule has 126 valence electrons. The van der Waals surface area contributed by atoms with Crippen molar-refractivity contribution >= 4 is 57.1 Å². The van der Waals surface area contributed by atoms with Gasteiger partial charge in [-0.15, -0.1) is 34.4 Å². The van der Waals surface area contributed by atoms with Gasteiger partial charge in [-0.1, -0.05) is 6.07 Å². The Labute approximate surface area is 156 Å². The fraction of sp³-hybridized carbons (Fsp3) is 0.118. The number of nitrogens with zero attached hydrogens (tertiary/aromatic N) is 1. The molecule has 0 unspecified atom stereocenters. The number of thiophene rings is 1. The van der Waals surface area contributed by atoms with E-state index in [0.717, 1.165) is 21.2 Å². The molecule has 8 heteroatoms. The average molecular weight is 388 g/mol. The number of thioether (sulfide) groups is 1. The molecule has 0 fully saturated rings. The first-order valence-electron chi connectivity index (χ1n) is 7.56. The molecular formula is C17H13N3O2S3. The number of benzene rings is 1. The minimum atomic E-state index is -0.238. The van der Waals surface area contributed by atoms with E-state index in [4.69, 9.17) is 0 Å². The summed E-state index contributed by atoms with van der Waals surface area (Å²) in [6, 6.07) is 9.33. The third-order valence-electron chi connectivity index (χ3n) is 3.60. The Morgan fingerprint density at radius 3 is 3.00 bits per heavy atom. The highest BCUT2D eigenvalue weighted by Crippen LogP contribution is 2.32. The summed E-state index contributed by atoms with van der Waals surface area (Å²) in [6.07, 6.45) is 0.478. The zero-order chi connectivity index (χ0) is 17.2. The number of nitrogens with one attached hydrogen (secondary N) is 2. The van der Waals surface area contributed by atoms with Crippen LogP contribution in [0.15, 0.2) is 46.0 Å². The Balaban J connectivity index is 1.52. The van der Waals surface area contributed by atoms with Gasteiger partial charge in [0.15, 0.2) is 5.13 Å². The van der Waals surface area contributed by atoms with Crippen LogP contribution in [-0.2, 0) is 4.79 Å². The molecule has 0 aliphatic carbocycles. The van der Waals surface area contributed by atoms with Crippen molar-refractivity contribution in [1.82, 2.24) is 4.98 Å². The summed E-state index contributed by atoms with van der Waals surface area (Å²) in [6.45, 7) is 0. The van der Waals surface area contributed by atoms with Crippen LogP contribution >= 0.6 is 34.4 Å². The molecule has 2 amide bonds. The summed E-state index contributed by atoms with van der Waals surface area (Å²) < 4.78 is 0. The predicted octanol–water partition coefficient (Wildman–Crippen LogP) is 4.56. The van der Waals surface area contributed by atoms with E-state index >= 15 is 0 Å². The van der Waals surface area contributed by atoms with Crippen LogP contribution in [0, 0.1) is 0 Å². The predicted molar refractivity (Wildman–Crippen MR) is 104 cm³/mol. The summed E-state index contributed by atoms with van der Waals surface area (Å²) in [5.74, 6) is 0.484. The zero-order valence-corrected chi connectivity index (χ0v) is 15.4. The summed E-state index contributed by atoms with van der Waals surface area (Å²) in [4.78, 5) is 30.7. The summed E-state index contributed by atoms with van der Waals surface area (Å²) in [5.41, 5.74) is 2.05. The number of rotatable bonds is 3. The van der Waals surface area contributed by atoms with Crippen molar-refractivity contribution in [2.45, 2.75) is 11.3 Å². The lowest BCUT2D eigenvalue weighted by Gasteiger charge is -2.08. The van der Waals surface area contributed by atoms with Gasteiger partial charge in [0.1, 0.15) is 0 Å². The molecule has 0 radical (unpaired) electrons. The van der Waals surface area contributed by atoms with E-state index in [-0.39, 0.29) is 11.8 Å². The number of hydrogen-bond donors (Lipinski definition) is 2. The molecule has 2 N–H and O–H groups in total. The first kappa shape index (κ1) is 16.3. The Kier molecular flexibility index (Phi) is 4.56. The van der Waals surface area contributed by atoms with Crippen molar-refractivity contribution in [2.75, 3.05) is 16.4 Å². The Morgan fingerprint density at radius 2 is 2.16 bits per heavy atom. The number of fused-ring (bicyclic) bond motifs is 1. The molecule has 1 aliphatic rings. The van der Waals surface area contributed by atoms with Crippen molar-refractivity contribution in [3.63, 3.8) is 0 Å². The van der Waals surface area contributed by atoms with Crippen molar-refractivity contribution in [1.29, 1.82) is 0 Å². The number of anilines is 2. The largest absolute Gasteiger partial charge is 0.325 e. The van der Waals surface area contributed by atoms with Gasteiger partial charge in [0.05, 0.1) is 16.3 Å². The Hall–Kier alpha value is -2.16. The van der Waals surface area contributed by atoms with E-state index in [1.165, 1.54) is 11.3 Å². The van der Waals surface area contributed by atoms with E-state index in [0.29, 0.717) is 22.8 Å². The molecule has 0 saturated carbocycles. The maximum Gasteiger partial charge on any atom is 0.257 e. The van der Waals surface area contributed by atoms with Gasteiger partial charge < -0.3 is 5.32 Å². The van der Waals surface area contributed by atoms with Crippen molar-refractivity contribution in [2.24, 2.45) is 0 Å². The Morgan fingerprint density at radius 1 is 1.24 bits per heavy atom. The van der Waals surface area contributed by atoms with Gasteiger partial charge in [-0.25, -0.2) is 4.98 Å². The molecule has 0 saturated heterocycles. The zero-order valence-electron chi connectivity index (χ0n) is 12.9. The number of hydrogen-bond acceptors (Lipinski definition) is 6. The SMILES string of the molecule is O=C1CCSc2ccc(C(=O)Nc3nc(-c4cccs4)cs3)cc2N1. The summed E-state index contributed by atoms with van der Waals surface area (Å²) in [5, 5.41) is 10.2. The van der Waals surface area contributed by atoms with E-state index in [1.807, 2.05) is 29.0 Å². The number of aromatic nitrogens is 1. The maximum atomic E-state index is 12.5. The fourth-order valence-corrected chi connectivity index (χ4v) is 4.80. The van der Waals surface area contributed by atoms with Crippen LogP contribution in [0.3, 0.4) is 0 Å². The second-order valence-corrected chi connectivity index (χ2v) is 8.27. The lowest BCUT2D eigenvalue weighted by molar-refractivity contribution is -0.115.